The van der Waals surface area contributed by atoms with Crippen LogP contribution in [0.25, 0.3) is 0 Å². The smallest absolute Gasteiger partial charge is 0.143 e. The van der Waals surface area contributed by atoms with Gasteiger partial charge in [-0.15, -0.1) is 0 Å². The van der Waals surface area contributed by atoms with E-state index in [2.05, 4.69) is 29.5 Å². The van der Waals surface area contributed by atoms with Crippen molar-refractivity contribution in [2.24, 2.45) is 5.10 Å². The van der Waals surface area contributed by atoms with Crippen molar-refractivity contribution in [3.05, 3.63) is 47.3 Å². The number of nitrogens with zero attached hydrogens (tertiary/aromatic N) is 2. The van der Waals surface area contributed by atoms with E-state index in [-0.39, 0.29) is 0 Å². The van der Waals surface area contributed by atoms with Crippen LogP contribution < -0.4 is 5.43 Å². The fraction of sp³-hybridized carbons (Fsp3) is 0.333. The predicted octanol–water partition coefficient (Wildman–Crippen LogP) is 3.94. The molecule has 19 heavy (non-hydrogen) atoms. The van der Waals surface area contributed by atoms with Gasteiger partial charge in [0.05, 0.1) is 22.7 Å². The van der Waals surface area contributed by atoms with E-state index < -0.39 is 0 Å². The molecule has 4 heteroatoms. The van der Waals surface area contributed by atoms with Crippen LogP contribution in [-0.2, 0) is 0 Å². The number of hydrogen-bond acceptors (Lipinski definition) is 4. The van der Waals surface area contributed by atoms with Crippen molar-refractivity contribution >= 4 is 11.4 Å². The number of anilines is 1. The van der Waals surface area contributed by atoms with Gasteiger partial charge in [0, 0.05) is 0 Å². The van der Waals surface area contributed by atoms with Crippen molar-refractivity contribution < 1.29 is 4.52 Å². The lowest BCUT2D eigenvalue weighted by molar-refractivity contribution is 0.388. The lowest BCUT2D eigenvalue weighted by Gasteiger charge is -2.06. The van der Waals surface area contributed by atoms with Crippen LogP contribution in [0.5, 0.6) is 0 Å². The standard InChI is InChI=1S/C15H19N3O/c1-10(2)15-14(12(4)19-18-15)11(3)16-17-13-8-6-5-7-9-13/h5-10,17H,1-4H3/b16-11+. The molecule has 0 spiro atoms. The molecule has 0 amide bonds. The van der Waals surface area contributed by atoms with Crippen LogP contribution in [0.4, 0.5) is 5.69 Å². The topological polar surface area (TPSA) is 50.4 Å². The maximum absolute atomic E-state index is 5.27. The summed E-state index contributed by atoms with van der Waals surface area (Å²) in [6, 6.07) is 9.86. The average molecular weight is 257 g/mol. The highest BCUT2D eigenvalue weighted by Crippen LogP contribution is 2.22. The first kappa shape index (κ1) is 13.3. The van der Waals surface area contributed by atoms with Gasteiger partial charge in [-0.05, 0) is 31.9 Å². The van der Waals surface area contributed by atoms with E-state index in [4.69, 9.17) is 4.52 Å². The Hall–Kier alpha value is -2.10. The highest BCUT2D eigenvalue weighted by atomic mass is 16.5. The van der Waals surface area contributed by atoms with E-state index in [9.17, 15) is 0 Å². The molecular weight excluding hydrogens is 238 g/mol. The summed E-state index contributed by atoms with van der Waals surface area (Å²) in [7, 11) is 0. The molecule has 0 aliphatic rings. The first-order valence-corrected chi connectivity index (χ1v) is 6.41. The van der Waals surface area contributed by atoms with Crippen LogP contribution in [-0.4, -0.2) is 10.9 Å². The lowest BCUT2D eigenvalue weighted by Crippen LogP contribution is -2.05. The number of hydrazone groups is 1. The van der Waals surface area contributed by atoms with Gasteiger partial charge in [0.25, 0.3) is 0 Å². The van der Waals surface area contributed by atoms with Crippen molar-refractivity contribution in [2.75, 3.05) is 5.43 Å². The summed E-state index contributed by atoms with van der Waals surface area (Å²) in [4.78, 5) is 0. The number of aryl methyl sites for hydroxylation is 1. The molecule has 0 bridgehead atoms. The minimum absolute atomic E-state index is 0.314. The Labute approximate surface area is 113 Å². The van der Waals surface area contributed by atoms with E-state index in [1.807, 2.05) is 44.2 Å². The summed E-state index contributed by atoms with van der Waals surface area (Å²) in [6.07, 6.45) is 0. The van der Waals surface area contributed by atoms with Gasteiger partial charge in [0.15, 0.2) is 0 Å². The molecule has 0 radical (unpaired) electrons. The molecule has 0 fully saturated rings. The van der Waals surface area contributed by atoms with Crippen LogP contribution in [0.2, 0.25) is 0 Å². The largest absolute Gasteiger partial charge is 0.361 e. The molecule has 1 aromatic heterocycles. The third-order valence-corrected chi connectivity index (χ3v) is 2.92. The number of para-hydroxylation sites is 1. The molecule has 4 nitrogen and oxygen atoms in total. The summed E-state index contributed by atoms with van der Waals surface area (Å²) in [5, 5.41) is 8.52. The summed E-state index contributed by atoms with van der Waals surface area (Å²) < 4.78 is 5.27. The summed E-state index contributed by atoms with van der Waals surface area (Å²) >= 11 is 0. The van der Waals surface area contributed by atoms with E-state index in [1.165, 1.54) is 0 Å². The molecule has 0 saturated heterocycles. The van der Waals surface area contributed by atoms with Crippen LogP contribution in [0.3, 0.4) is 0 Å². The number of hydrogen-bond donors (Lipinski definition) is 1. The van der Waals surface area contributed by atoms with E-state index in [0.717, 1.165) is 28.4 Å². The van der Waals surface area contributed by atoms with Crippen molar-refractivity contribution in [2.45, 2.75) is 33.6 Å². The molecule has 2 rings (SSSR count). The fourth-order valence-corrected chi connectivity index (χ4v) is 1.94. The molecule has 0 unspecified atom stereocenters. The maximum atomic E-state index is 5.27. The Bertz CT molecular complexity index is 570. The van der Waals surface area contributed by atoms with Gasteiger partial charge in [-0.2, -0.15) is 5.10 Å². The second-order valence-corrected chi connectivity index (χ2v) is 4.83. The van der Waals surface area contributed by atoms with E-state index in [0.29, 0.717) is 5.92 Å². The average Bonchev–Trinajstić information content (AvgIpc) is 2.79. The van der Waals surface area contributed by atoms with Gasteiger partial charge in [0.1, 0.15) is 5.76 Å². The van der Waals surface area contributed by atoms with Crippen molar-refractivity contribution in [1.29, 1.82) is 0 Å². The zero-order valence-electron chi connectivity index (χ0n) is 11.8. The Balaban J connectivity index is 2.24. The van der Waals surface area contributed by atoms with Crippen molar-refractivity contribution in [3.8, 4) is 0 Å². The second kappa shape index (κ2) is 5.69. The van der Waals surface area contributed by atoms with E-state index >= 15 is 0 Å². The summed E-state index contributed by atoms with van der Waals surface area (Å²) in [6.45, 7) is 8.06. The van der Waals surface area contributed by atoms with Crippen LogP contribution in [0.1, 0.15) is 43.7 Å². The van der Waals surface area contributed by atoms with Gasteiger partial charge in [-0.25, -0.2) is 0 Å². The summed E-state index contributed by atoms with van der Waals surface area (Å²) in [5.41, 5.74) is 6.84. The molecular formula is C15H19N3O. The lowest BCUT2D eigenvalue weighted by atomic mass is 10.0. The van der Waals surface area contributed by atoms with Crippen molar-refractivity contribution in [3.63, 3.8) is 0 Å². The van der Waals surface area contributed by atoms with Crippen molar-refractivity contribution in [1.82, 2.24) is 5.16 Å². The van der Waals surface area contributed by atoms with Crippen LogP contribution >= 0.6 is 0 Å². The molecule has 1 heterocycles. The molecule has 1 N–H and O–H groups in total. The molecule has 0 aliphatic heterocycles. The molecule has 0 saturated carbocycles. The van der Waals surface area contributed by atoms with Gasteiger partial charge >= 0.3 is 0 Å². The van der Waals surface area contributed by atoms with E-state index in [1.54, 1.807) is 0 Å². The Morgan fingerprint density at radius 1 is 1.26 bits per heavy atom. The monoisotopic (exact) mass is 257 g/mol. The van der Waals surface area contributed by atoms with Crippen LogP contribution in [0.15, 0.2) is 40.0 Å². The van der Waals surface area contributed by atoms with Gasteiger partial charge in [-0.3, -0.25) is 5.43 Å². The number of benzene rings is 1. The molecule has 1 aromatic carbocycles. The predicted molar refractivity (Wildman–Crippen MR) is 77.6 cm³/mol. The second-order valence-electron chi connectivity index (χ2n) is 4.83. The summed E-state index contributed by atoms with van der Waals surface area (Å²) in [5.74, 6) is 1.12. The number of aromatic nitrogens is 1. The fourth-order valence-electron chi connectivity index (χ4n) is 1.94. The normalized spacial score (nSPS) is 11.9. The maximum Gasteiger partial charge on any atom is 0.143 e. The van der Waals surface area contributed by atoms with Crippen LogP contribution in [0, 0.1) is 6.92 Å². The Kier molecular flexibility index (Phi) is 4.00. The SMILES string of the molecule is C/C(=N\Nc1ccccc1)c1c(C(C)C)noc1C. The third kappa shape index (κ3) is 3.02. The Morgan fingerprint density at radius 2 is 1.95 bits per heavy atom. The first-order chi connectivity index (χ1) is 9.09. The molecule has 0 aliphatic carbocycles. The molecule has 2 aromatic rings. The third-order valence-electron chi connectivity index (χ3n) is 2.92. The number of rotatable bonds is 4. The quantitative estimate of drug-likeness (QED) is 0.666. The highest BCUT2D eigenvalue weighted by molar-refractivity contribution is 6.00. The Morgan fingerprint density at radius 3 is 2.58 bits per heavy atom. The number of nitrogens with one attached hydrogen (secondary N) is 1. The first-order valence-electron chi connectivity index (χ1n) is 6.41. The minimum atomic E-state index is 0.314. The molecule has 100 valence electrons. The van der Waals surface area contributed by atoms with Gasteiger partial charge < -0.3 is 4.52 Å². The zero-order chi connectivity index (χ0) is 13.8. The zero-order valence-corrected chi connectivity index (χ0v) is 11.8. The highest BCUT2D eigenvalue weighted by Gasteiger charge is 2.17. The van der Waals surface area contributed by atoms with Gasteiger partial charge in [-0.1, -0.05) is 37.2 Å². The molecule has 0 atom stereocenters. The minimum Gasteiger partial charge on any atom is -0.361 e. The van der Waals surface area contributed by atoms with Gasteiger partial charge in [0.2, 0.25) is 0 Å².